The molecule has 234 valence electrons. The standard InChI is InChI=1S/C46H30N4/c1-4-13-31(14-5-1)41-30-42(32-15-6-2-7-16-32)48-46(47-41)34-17-12-20-38(26-34)50-43-22-11-10-21-39(43)40-27-35-25-33-23-24-49(37-18-8-3-9-19-37)44(33)28-36(35)29-45(40)50/h1-30H. The molecular weight excluding hydrogens is 609 g/mol. The molecule has 0 saturated carbocycles. The van der Waals surface area contributed by atoms with Gasteiger partial charge in [-0.15, -0.1) is 0 Å². The highest BCUT2D eigenvalue weighted by atomic mass is 15.0. The van der Waals surface area contributed by atoms with Gasteiger partial charge in [-0.2, -0.15) is 0 Å². The van der Waals surface area contributed by atoms with Crippen LogP contribution in [0.1, 0.15) is 0 Å². The number of rotatable bonds is 5. The Labute approximate surface area is 289 Å². The second kappa shape index (κ2) is 11.4. The van der Waals surface area contributed by atoms with Gasteiger partial charge in [0.05, 0.1) is 27.9 Å². The van der Waals surface area contributed by atoms with Gasteiger partial charge in [0.25, 0.3) is 0 Å². The lowest BCUT2D eigenvalue weighted by atomic mass is 10.0. The third kappa shape index (κ3) is 4.69. The largest absolute Gasteiger partial charge is 0.317 e. The van der Waals surface area contributed by atoms with Crippen molar-refractivity contribution in [2.75, 3.05) is 0 Å². The summed E-state index contributed by atoms with van der Waals surface area (Å²) in [7, 11) is 0. The summed E-state index contributed by atoms with van der Waals surface area (Å²) in [6.45, 7) is 0. The molecule has 4 heteroatoms. The zero-order valence-corrected chi connectivity index (χ0v) is 27.1. The number of hydrogen-bond donors (Lipinski definition) is 0. The average molecular weight is 639 g/mol. The first-order chi connectivity index (χ1) is 24.8. The minimum atomic E-state index is 0.697. The molecule has 0 bridgehead atoms. The predicted octanol–water partition coefficient (Wildman–Crippen LogP) is 11.7. The Hall–Kier alpha value is -6.78. The monoisotopic (exact) mass is 638 g/mol. The molecule has 10 rings (SSSR count). The van der Waals surface area contributed by atoms with Crippen molar-refractivity contribution < 1.29 is 0 Å². The Bertz CT molecular complexity index is 2790. The van der Waals surface area contributed by atoms with Gasteiger partial charge in [-0.3, -0.25) is 0 Å². The van der Waals surface area contributed by atoms with Crippen LogP contribution in [0, 0.1) is 0 Å². The van der Waals surface area contributed by atoms with E-state index in [2.05, 4.69) is 179 Å². The van der Waals surface area contributed by atoms with Crippen LogP contribution in [-0.2, 0) is 0 Å². The van der Waals surface area contributed by atoms with Crippen LogP contribution in [0.25, 0.3) is 88.8 Å². The topological polar surface area (TPSA) is 35.6 Å². The van der Waals surface area contributed by atoms with Crippen molar-refractivity contribution in [1.82, 2.24) is 19.1 Å². The molecule has 0 unspecified atom stereocenters. The lowest BCUT2D eigenvalue weighted by Crippen LogP contribution is -1.98. The SMILES string of the molecule is c1ccc(-c2cc(-c3ccccc3)nc(-c3cccc(-n4c5ccccc5c5cc6cc7ccn(-c8ccccc8)c7cc6cc54)c3)n2)cc1. The lowest BCUT2D eigenvalue weighted by molar-refractivity contribution is 1.13. The molecule has 0 saturated heterocycles. The molecular formula is C46H30N4. The number of benzene rings is 7. The maximum atomic E-state index is 5.12. The highest BCUT2D eigenvalue weighted by molar-refractivity contribution is 6.15. The second-order valence-electron chi connectivity index (χ2n) is 12.7. The van der Waals surface area contributed by atoms with Crippen LogP contribution in [-0.4, -0.2) is 19.1 Å². The molecule has 0 N–H and O–H groups in total. The van der Waals surface area contributed by atoms with Gasteiger partial charge in [0.1, 0.15) is 0 Å². The number of para-hydroxylation sites is 2. The minimum absolute atomic E-state index is 0.697. The first kappa shape index (κ1) is 28.3. The van der Waals surface area contributed by atoms with Gasteiger partial charge in [0.15, 0.2) is 5.82 Å². The molecule has 0 aliphatic heterocycles. The Balaban J connectivity index is 1.17. The van der Waals surface area contributed by atoms with Crippen molar-refractivity contribution in [2.24, 2.45) is 0 Å². The van der Waals surface area contributed by atoms with Gasteiger partial charge in [-0.05, 0) is 77.5 Å². The van der Waals surface area contributed by atoms with E-state index in [0.29, 0.717) is 5.82 Å². The van der Waals surface area contributed by atoms with Gasteiger partial charge in [-0.25, -0.2) is 9.97 Å². The van der Waals surface area contributed by atoms with Crippen molar-refractivity contribution in [2.45, 2.75) is 0 Å². The number of aromatic nitrogens is 4. The van der Waals surface area contributed by atoms with Gasteiger partial charge >= 0.3 is 0 Å². The lowest BCUT2D eigenvalue weighted by Gasteiger charge is -2.12. The van der Waals surface area contributed by atoms with Crippen molar-refractivity contribution >= 4 is 43.5 Å². The van der Waals surface area contributed by atoms with E-state index in [1.54, 1.807) is 0 Å². The molecule has 0 aliphatic rings. The van der Waals surface area contributed by atoms with E-state index in [1.807, 2.05) is 12.1 Å². The molecule has 4 nitrogen and oxygen atoms in total. The highest BCUT2D eigenvalue weighted by Gasteiger charge is 2.16. The summed E-state index contributed by atoms with van der Waals surface area (Å²) in [4.78, 5) is 10.2. The number of fused-ring (bicyclic) bond motifs is 5. The first-order valence-corrected chi connectivity index (χ1v) is 16.9. The minimum Gasteiger partial charge on any atom is -0.317 e. The summed E-state index contributed by atoms with van der Waals surface area (Å²) in [6.07, 6.45) is 2.16. The third-order valence-corrected chi connectivity index (χ3v) is 9.70. The van der Waals surface area contributed by atoms with Crippen LogP contribution >= 0.6 is 0 Å². The van der Waals surface area contributed by atoms with Crippen molar-refractivity contribution in [1.29, 1.82) is 0 Å². The van der Waals surface area contributed by atoms with Crippen molar-refractivity contribution in [3.63, 3.8) is 0 Å². The summed E-state index contributed by atoms with van der Waals surface area (Å²) in [5, 5.41) is 6.11. The summed E-state index contributed by atoms with van der Waals surface area (Å²) in [5.41, 5.74) is 10.6. The average Bonchev–Trinajstić information content (AvgIpc) is 3.75. The zero-order chi connectivity index (χ0) is 33.0. The van der Waals surface area contributed by atoms with E-state index in [1.165, 1.54) is 32.4 Å². The third-order valence-electron chi connectivity index (χ3n) is 9.70. The van der Waals surface area contributed by atoms with E-state index in [0.717, 1.165) is 50.5 Å². The van der Waals surface area contributed by atoms with Gasteiger partial charge in [0, 0.05) is 50.4 Å². The summed E-state index contributed by atoms with van der Waals surface area (Å²) in [5.74, 6) is 0.697. The van der Waals surface area contributed by atoms with Crippen LogP contribution in [0.2, 0.25) is 0 Å². The molecule has 7 aromatic carbocycles. The molecule has 0 radical (unpaired) electrons. The summed E-state index contributed by atoms with van der Waals surface area (Å²) in [6, 6.07) is 62.2. The van der Waals surface area contributed by atoms with E-state index in [9.17, 15) is 0 Å². The molecule has 0 fully saturated rings. The Kier molecular flexibility index (Phi) is 6.46. The van der Waals surface area contributed by atoms with E-state index < -0.39 is 0 Å². The van der Waals surface area contributed by atoms with Crippen LogP contribution in [0.3, 0.4) is 0 Å². The van der Waals surface area contributed by atoms with Gasteiger partial charge < -0.3 is 9.13 Å². The second-order valence-corrected chi connectivity index (χ2v) is 12.7. The fourth-order valence-electron chi connectivity index (χ4n) is 7.31. The maximum Gasteiger partial charge on any atom is 0.160 e. The van der Waals surface area contributed by atoms with Crippen molar-refractivity contribution in [3.05, 3.63) is 182 Å². The molecule has 0 spiro atoms. The molecule has 3 heterocycles. The predicted molar refractivity (Wildman–Crippen MR) is 207 cm³/mol. The zero-order valence-electron chi connectivity index (χ0n) is 27.1. The van der Waals surface area contributed by atoms with Crippen LogP contribution in [0.15, 0.2) is 182 Å². The van der Waals surface area contributed by atoms with E-state index >= 15 is 0 Å². The van der Waals surface area contributed by atoms with Gasteiger partial charge in [-0.1, -0.05) is 109 Å². The van der Waals surface area contributed by atoms with Crippen LogP contribution < -0.4 is 0 Å². The molecule has 50 heavy (non-hydrogen) atoms. The normalized spacial score (nSPS) is 11.6. The van der Waals surface area contributed by atoms with Crippen LogP contribution in [0.5, 0.6) is 0 Å². The number of hydrogen-bond acceptors (Lipinski definition) is 2. The number of nitrogens with zero attached hydrogens (tertiary/aromatic N) is 4. The summed E-state index contributed by atoms with van der Waals surface area (Å²) >= 11 is 0. The smallest absolute Gasteiger partial charge is 0.160 e. The molecule has 0 amide bonds. The van der Waals surface area contributed by atoms with E-state index in [4.69, 9.17) is 9.97 Å². The fourth-order valence-corrected chi connectivity index (χ4v) is 7.31. The fraction of sp³-hybridized carbons (Fsp3) is 0. The molecule has 0 aliphatic carbocycles. The van der Waals surface area contributed by atoms with E-state index in [-0.39, 0.29) is 0 Å². The Morgan fingerprint density at radius 2 is 0.960 bits per heavy atom. The van der Waals surface area contributed by atoms with Crippen molar-refractivity contribution in [3.8, 4) is 45.3 Å². The Morgan fingerprint density at radius 3 is 1.70 bits per heavy atom. The highest BCUT2D eigenvalue weighted by Crippen LogP contribution is 2.37. The summed E-state index contributed by atoms with van der Waals surface area (Å²) < 4.78 is 4.65. The quantitative estimate of drug-likeness (QED) is 0.188. The Morgan fingerprint density at radius 1 is 0.360 bits per heavy atom. The molecule has 0 atom stereocenters. The molecule has 3 aromatic heterocycles. The van der Waals surface area contributed by atoms with Gasteiger partial charge in [0.2, 0.25) is 0 Å². The maximum absolute atomic E-state index is 5.12. The molecule has 10 aromatic rings. The first-order valence-electron chi connectivity index (χ1n) is 16.9. The van der Waals surface area contributed by atoms with Crippen LogP contribution in [0.4, 0.5) is 0 Å².